The molecular formula is C18H37NO. The lowest BCUT2D eigenvalue weighted by molar-refractivity contribution is 0.0533. The van der Waals surface area contributed by atoms with Gasteiger partial charge in [0.2, 0.25) is 0 Å². The Morgan fingerprint density at radius 2 is 1.45 bits per heavy atom. The van der Waals surface area contributed by atoms with Crippen molar-refractivity contribution in [2.24, 2.45) is 5.92 Å². The molecule has 1 saturated heterocycles. The van der Waals surface area contributed by atoms with Crippen LogP contribution in [0.4, 0.5) is 0 Å². The summed E-state index contributed by atoms with van der Waals surface area (Å²) in [6.07, 6.45) is 16.7. The van der Waals surface area contributed by atoms with Gasteiger partial charge in [-0.15, -0.1) is 0 Å². The second kappa shape index (κ2) is 12.6. The zero-order valence-electron chi connectivity index (χ0n) is 14.0. The lowest BCUT2D eigenvalue weighted by Crippen LogP contribution is -2.36. The second-order valence-corrected chi connectivity index (χ2v) is 6.46. The summed E-state index contributed by atoms with van der Waals surface area (Å²) in [5, 5.41) is 3.54. The zero-order chi connectivity index (χ0) is 14.5. The van der Waals surface area contributed by atoms with Crippen molar-refractivity contribution in [3.63, 3.8) is 0 Å². The maximum atomic E-state index is 5.46. The van der Waals surface area contributed by atoms with Crippen LogP contribution in [-0.4, -0.2) is 26.3 Å². The molecule has 1 N–H and O–H groups in total. The largest absolute Gasteiger partial charge is 0.381 e. The van der Waals surface area contributed by atoms with Gasteiger partial charge < -0.3 is 10.1 Å². The molecule has 1 aliphatic heterocycles. The van der Waals surface area contributed by atoms with Gasteiger partial charge >= 0.3 is 0 Å². The summed E-state index contributed by atoms with van der Waals surface area (Å²) in [6, 6.07) is 0.725. The molecule has 1 fully saturated rings. The Balaban J connectivity index is 1.93. The maximum absolute atomic E-state index is 5.46. The third-order valence-corrected chi connectivity index (χ3v) is 4.82. The first-order valence-corrected chi connectivity index (χ1v) is 9.13. The number of ether oxygens (including phenoxy) is 1. The predicted octanol–water partition coefficient (Wildman–Crippen LogP) is 4.92. The lowest BCUT2D eigenvalue weighted by Gasteiger charge is -2.30. The number of nitrogens with one attached hydrogen (secondary N) is 1. The average molecular weight is 284 g/mol. The first-order valence-electron chi connectivity index (χ1n) is 9.13. The van der Waals surface area contributed by atoms with E-state index in [4.69, 9.17) is 4.74 Å². The van der Waals surface area contributed by atoms with Crippen LogP contribution in [0.1, 0.15) is 84.0 Å². The van der Waals surface area contributed by atoms with Crippen molar-refractivity contribution in [2.75, 3.05) is 20.3 Å². The molecule has 20 heavy (non-hydrogen) atoms. The molecule has 0 aliphatic carbocycles. The molecule has 0 saturated carbocycles. The van der Waals surface area contributed by atoms with Gasteiger partial charge in [0, 0.05) is 19.3 Å². The molecule has 1 unspecified atom stereocenters. The third-order valence-electron chi connectivity index (χ3n) is 4.82. The Hall–Kier alpha value is -0.0800. The van der Waals surface area contributed by atoms with Crippen LogP contribution in [0.2, 0.25) is 0 Å². The Bertz CT molecular complexity index is 202. The van der Waals surface area contributed by atoms with Crippen LogP contribution in [0, 0.1) is 5.92 Å². The molecule has 0 aromatic carbocycles. The van der Waals surface area contributed by atoms with Gasteiger partial charge in [-0.25, -0.2) is 0 Å². The highest BCUT2D eigenvalue weighted by molar-refractivity contribution is 4.77. The minimum absolute atomic E-state index is 0.725. The summed E-state index contributed by atoms with van der Waals surface area (Å²) in [5.41, 5.74) is 0. The Morgan fingerprint density at radius 3 is 2.00 bits per heavy atom. The minimum Gasteiger partial charge on any atom is -0.381 e. The summed E-state index contributed by atoms with van der Waals surface area (Å²) < 4.78 is 5.46. The van der Waals surface area contributed by atoms with E-state index < -0.39 is 0 Å². The summed E-state index contributed by atoms with van der Waals surface area (Å²) in [6.45, 7) is 4.23. The van der Waals surface area contributed by atoms with Gasteiger partial charge in [-0.3, -0.25) is 0 Å². The lowest BCUT2D eigenvalue weighted by atomic mass is 9.88. The Morgan fingerprint density at radius 1 is 0.900 bits per heavy atom. The van der Waals surface area contributed by atoms with Gasteiger partial charge in [-0.1, -0.05) is 64.7 Å². The minimum atomic E-state index is 0.725. The summed E-state index contributed by atoms with van der Waals surface area (Å²) in [7, 11) is 2.13. The fraction of sp³-hybridized carbons (Fsp3) is 1.00. The summed E-state index contributed by atoms with van der Waals surface area (Å²) >= 11 is 0. The van der Waals surface area contributed by atoms with Crippen molar-refractivity contribution >= 4 is 0 Å². The fourth-order valence-electron chi connectivity index (χ4n) is 3.41. The third kappa shape index (κ3) is 8.26. The Labute approximate surface area is 127 Å². The molecule has 1 rings (SSSR count). The molecule has 120 valence electrons. The zero-order valence-corrected chi connectivity index (χ0v) is 14.0. The van der Waals surface area contributed by atoms with Crippen LogP contribution < -0.4 is 5.32 Å². The van der Waals surface area contributed by atoms with Crippen molar-refractivity contribution in [1.29, 1.82) is 0 Å². The van der Waals surface area contributed by atoms with Gasteiger partial charge in [0.25, 0.3) is 0 Å². The predicted molar refractivity (Wildman–Crippen MR) is 88.2 cm³/mol. The molecule has 0 radical (unpaired) electrons. The van der Waals surface area contributed by atoms with E-state index in [1.165, 1.54) is 77.0 Å². The standard InChI is InChI=1S/C18H37NO/c1-3-4-5-6-7-8-9-10-11-12-18(19-2)17-13-15-20-16-14-17/h17-19H,3-16H2,1-2H3. The van der Waals surface area contributed by atoms with E-state index in [-0.39, 0.29) is 0 Å². The number of unbranched alkanes of at least 4 members (excludes halogenated alkanes) is 8. The molecule has 0 aromatic heterocycles. The number of hydrogen-bond acceptors (Lipinski definition) is 2. The number of rotatable bonds is 12. The topological polar surface area (TPSA) is 21.3 Å². The van der Waals surface area contributed by atoms with Crippen molar-refractivity contribution in [3.05, 3.63) is 0 Å². The van der Waals surface area contributed by atoms with Crippen LogP contribution in [0.3, 0.4) is 0 Å². The van der Waals surface area contributed by atoms with Crippen LogP contribution in [0.5, 0.6) is 0 Å². The van der Waals surface area contributed by atoms with Crippen molar-refractivity contribution in [3.8, 4) is 0 Å². The quantitative estimate of drug-likeness (QED) is 0.513. The van der Waals surface area contributed by atoms with Crippen LogP contribution in [0.25, 0.3) is 0 Å². The van der Waals surface area contributed by atoms with E-state index in [1.54, 1.807) is 0 Å². The average Bonchev–Trinajstić information content (AvgIpc) is 2.50. The molecule has 0 bridgehead atoms. The molecular weight excluding hydrogens is 246 g/mol. The normalized spacial score (nSPS) is 18.3. The van der Waals surface area contributed by atoms with Crippen LogP contribution >= 0.6 is 0 Å². The van der Waals surface area contributed by atoms with E-state index in [9.17, 15) is 0 Å². The van der Waals surface area contributed by atoms with E-state index in [1.807, 2.05) is 0 Å². The molecule has 0 aromatic rings. The van der Waals surface area contributed by atoms with E-state index >= 15 is 0 Å². The summed E-state index contributed by atoms with van der Waals surface area (Å²) in [5.74, 6) is 0.850. The monoisotopic (exact) mass is 283 g/mol. The summed E-state index contributed by atoms with van der Waals surface area (Å²) in [4.78, 5) is 0. The maximum Gasteiger partial charge on any atom is 0.0469 e. The van der Waals surface area contributed by atoms with Crippen LogP contribution in [-0.2, 0) is 4.74 Å². The van der Waals surface area contributed by atoms with Crippen molar-refractivity contribution in [2.45, 2.75) is 90.0 Å². The van der Waals surface area contributed by atoms with Gasteiger partial charge in [-0.05, 0) is 32.2 Å². The first kappa shape index (κ1) is 18.0. The molecule has 1 aliphatic rings. The highest BCUT2D eigenvalue weighted by Crippen LogP contribution is 2.22. The molecule has 2 nitrogen and oxygen atoms in total. The highest BCUT2D eigenvalue weighted by Gasteiger charge is 2.21. The fourth-order valence-corrected chi connectivity index (χ4v) is 3.41. The van der Waals surface area contributed by atoms with Crippen LogP contribution in [0.15, 0.2) is 0 Å². The van der Waals surface area contributed by atoms with E-state index in [0.717, 1.165) is 25.2 Å². The Kier molecular flexibility index (Phi) is 11.4. The molecule has 0 spiro atoms. The van der Waals surface area contributed by atoms with Crippen molar-refractivity contribution < 1.29 is 4.74 Å². The van der Waals surface area contributed by atoms with Gasteiger partial charge in [0.15, 0.2) is 0 Å². The van der Waals surface area contributed by atoms with Gasteiger partial charge in [-0.2, -0.15) is 0 Å². The highest BCUT2D eigenvalue weighted by atomic mass is 16.5. The SMILES string of the molecule is CCCCCCCCCCCC(NC)C1CCOCC1. The first-order chi connectivity index (χ1) is 9.88. The van der Waals surface area contributed by atoms with Gasteiger partial charge in [0.05, 0.1) is 0 Å². The van der Waals surface area contributed by atoms with Gasteiger partial charge in [0.1, 0.15) is 0 Å². The molecule has 0 amide bonds. The molecule has 2 heteroatoms. The van der Waals surface area contributed by atoms with Crippen molar-refractivity contribution in [1.82, 2.24) is 5.32 Å². The van der Waals surface area contributed by atoms with E-state index in [0.29, 0.717) is 0 Å². The molecule has 1 heterocycles. The smallest absolute Gasteiger partial charge is 0.0469 e. The van der Waals surface area contributed by atoms with E-state index in [2.05, 4.69) is 19.3 Å². The molecule has 1 atom stereocenters. The second-order valence-electron chi connectivity index (χ2n) is 6.46. The number of hydrogen-bond donors (Lipinski definition) is 1.